The van der Waals surface area contributed by atoms with Gasteiger partial charge in [0.15, 0.2) is 0 Å². The van der Waals surface area contributed by atoms with Crippen LogP contribution < -0.4 is 5.32 Å². The Morgan fingerprint density at radius 3 is 1.61 bits per heavy atom. The molecule has 102 valence electrons. The van der Waals surface area contributed by atoms with Crippen molar-refractivity contribution in [3.63, 3.8) is 0 Å². The van der Waals surface area contributed by atoms with Gasteiger partial charge in [-0.25, -0.2) is 0 Å². The summed E-state index contributed by atoms with van der Waals surface area (Å²) in [6.07, 6.45) is -11.8. The van der Waals surface area contributed by atoms with E-state index in [1.807, 2.05) is 0 Å². The fraction of sp³-hybridized carbons (Fsp3) is 0.400. The molecule has 0 aliphatic carbocycles. The second-order valence-electron chi connectivity index (χ2n) is 3.70. The highest BCUT2D eigenvalue weighted by Crippen LogP contribution is 2.43. The van der Waals surface area contributed by atoms with Gasteiger partial charge < -0.3 is 10.4 Å². The molecule has 0 fully saturated rings. The average molecular weight is 273 g/mol. The predicted octanol–water partition coefficient (Wildman–Crippen LogP) is 3.22. The van der Waals surface area contributed by atoms with E-state index in [2.05, 4.69) is 0 Å². The van der Waals surface area contributed by atoms with Gasteiger partial charge in [-0.15, -0.1) is 0 Å². The molecule has 0 aromatic heterocycles. The Labute approximate surface area is 98.2 Å². The number of nitrogens with one attached hydrogen (secondary N) is 1. The van der Waals surface area contributed by atoms with Crippen LogP contribution in [0.1, 0.15) is 5.56 Å². The van der Waals surface area contributed by atoms with Gasteiger partial charge in [-0.1, -0.05) is 17.7 Å². The van der Waals surface area contributed by atoms with Gasteiger partial charge in [0.05, 0.1) is 0 Å². The van der Waals surface area contributed by atoms with Gasteiger partial charge in [0.2, 0.25) is 0 Å². The van der Waals surface area contributed by atoms with Crippen LogP contribution in [0.3, 0.4) is 0 Å². The van der Waals surface area contributed by atoms with E-state index in [1.165, 1.54) is 12.1 Å². The number of anilines is 1. The maximum absolute atomic E-state index is 12.3. The molecular formula is C10H9F6NO. The molecule has 8 heteroatoms. The Bertz CT molecular complexity index is 394. The highest BCUT2D eigenvalue weighted by atomic mass is 19.4. The predicted molar refractivity (Wildman–Crippen MR) is 51.9 cm³/mol. The third-order valence-electron chi connectivity index (χ3n) is 2.20. The lowest BCUT2D eigenvalue weighted by molar-refractivity contribution is -0.356. The first kappa shape index (κ1) is 14.6. The standard InChI is InChI=1S/C10H9F6NO/c1-6-2-4-7(5-3-6)17-8(18,9(11,12)13)10(14,15)16/h2-5,17-18H,1H3. The molecule has 18 heavy (non-hydrogen) atoms. The molecule has 1 aromatic rings. The van der Waals surface area contributed by atoms with Crippen LogP contribution in [0.2, 0.25) is 0 Å². The Hall–Kier alpha value is -1.44. The van der Waals surface area contributed by atoms with Crippen molar-refractivity contribution in [3.05, 3.63) is 29.8 Å². The zero-order valence-electron chi connectivity index (χ0n) is 9.02. The lowest BCUT2D eigenvalue weighted by Gasteiger charge is -2.33. The average Bonchev–Trinajstić information content (AvgIpc) is 2.18. The maximum atomic E-state index is 12.3. The Morgan fingerprint density at radius 1 is 0.889 bits per heavy atom. The van der Waals surface area contributed by atoms with E-state index in [4.69, 9.17) is 5.11 Å². The smallest absolute Gasteiger partial charge is 0.357 e. The minimum atomic E-state index is -5.89. The van der Waals surface area contributed by atoms with Gasteiger partial charge >= 0.3 is 18.1 Å². The summed E-state index contributed by atoms with van der Waals surface area (Å²) in [6, 6.07) is 4.65. The van der Waals surface area contributed by atoms with Crippen molar-refractivity contribution in [2.75, 3.05) is 5.32 Å². The van der Waals surface area contributed by atoms with Gasteiger partial charge in [-0.2, -0.15) is 26.3 Å². The van der Waals surface area contributed by atoms with Gasteiger partial charge in [-0.3, -0.25) is 0 Å². The SMILES string of the molecule is Cc1ccc(NC(O)(C(F)(F)F)C(F)(F)F)cc1. The van der Waals surface area contributed by atoms with Crippen LogP contribution in [-0.4, -0.2) is 23.2 Å². The largest absolute Gasteiger partial charge is 0.446 e. The molecule has 0 bridgehead atoms. The Morgan fingerprint density at radius 2 is 1.28 bits per heavy atom. The summed E-state index contributed by atoms with van der Waals surface area (Å²) in [4.78, 5) is 0. The Kier molecular flexibility index (Phi) is 3.53. The summed E-state index contributed by atoms with van der Waals surface area (Å²) in [6.45, 7) is 1.61. The number of alkyl halides is 6. The molecule has 0 atom stereocenters. The number of aryl methyl sites for hydroxylation is 1. The normalized spacial score (nSPS) is 13.6. The number of benzene rings is 1. The third-order valence-corrected chi connectivity index (χ3v) is 2.20. The van der Waals surface area contributed by atoms with Crippen LogP contribution in [-0.2, 0) is 0 Å². The molecule has 0 amide bonds. The summed E-state index contributed by atoms with van der Waals surface area (Å²) >= 11 is 0. The van der Waals surface area contributed by atoms with E-state index in [0.29, 0.717) is 5.56 Å². The zero-order valence-corrected chi connectivity index (χ0v) is 9.02. The second kappa shape index (κ2) is 4.34. The summed E-state index contributed by atoms with van der Waals surface area (Å²) in [7, 11) is 0. The highest BCUT2D eigenvalue weighted by molar-refractivity contribution is 5.47. The highest BCUT2D eigenvalue weighted by Gasteiger charge is 2.71. The first-order chi connectivity index (χ1) is 7.97. The monoisotopic (exact) mass is 273 g/mol. The Balaban J connectivity index is 3.12. The molecule has 2 nitrogen and oxygen atoms in total. The maximum Gasteiger partial charge on any atom is 0.446 e. The van der Waals surface area contributed by atoms with E-state index in [1.54, 1.807) is 6.92 Å². The second-order valence-corrected chi connectivity index (χ2v) is 3.70. The van der Waals surface area contributed by atoms with Crippen molar-refractivity contribution in [3.8, 4) is 0 Å². The minimum Gasteiger partial charge on any atom is -0.357 e. The summed E-state index contributed by atoms with van der Waals surface area (Å²) in [5.74, 6) is 0. The lowest BCUT2D eigenvalue weighted by Crippen LogP contribution is -2.62. The number of hydrogen-bond donors (Lipinski definition) is 2. The quantitative estimate of drug-likeness (QED) is 0.640. The molecule has 0 radical (unpaired) electrons. The fourth-order valence-corrected chi connectivity index (χ4v) is 1.15. The van der Waals surface area contributed by atoms with Crippen molar-refractivity contribution < 1.29 is 31.4 Å². The zero-order chi connectivity index (χ0) is 14.2. The van der Waals surface area contributed by atoms with Crippen LogP contribution in [0.5, 0.6) is 0 Å². The van der Waals surface area contributed by atoms with Crippen molar-refractivity contribution in [1.29, 1.82) is 0 Å². The van der Waals surface area contributed by atoms with Crippen LogP contribution in [0.4, 0.5) is 32.0 Å². The van der Waals surface area contributed by atoms with E-state index >= 15 is 0 Å². The van der Waals surface area contributed by atoms with Gasteiger partial charge in [-0.05, 0) is 19.1 Å². The van der Waals surface area contributed by atoms with Crippen LogP contribution in [0.25, 0.3) is 0 Å². The molecular weight excluding hydrogens is 264 g/mol. The van der Waals surface area contributed by atoms with Crippen molar-refractivity contribution in [1.82, 2.24) is 0 Å². The van der Waals surface area contributed by atoms with E-state index in [-0.39, 0.29) is 0 Å². The lowest BCUT2D eigenvalue weighted by atomic mass is 10.1. The molecule has 2 N–H and O–H groups in total. The van der Waals surface area contributed by atoms with Gasteiger partial charge in [0.1, 0.15) is 0 Å². The first-order valence-electron chi connectivity index (χ1n) is 4.68. The first-order valence-corrected chi connectivity index (χ1v) is 4.68. The summed E-state index contributed by atoms with van der Waals surface area (Å²) < 4.78 is 74.0. The molecule has 0 aliphatic rings. The van der Waals surface area contributed by atoms with Gasteiger partial charge in [0, 0.05) is 5.69 Å². The number of halogens is 6. The number of rotatable bonds is 2. The molecule has 0 aliphatic heterocycles. The topological polar surface area (TPSA) is 32.3 Å². The van der Waals surface area contributed by atoms with E-state index in [9.17, 15) is 26.3 Å². The molecule has 0 saturated carbocycles. The van der Waals surface area contributed by atoms with E-state index in [0.717, 1.165) is 17.4 Å². The van der Waals surface area contributed by atoms with Crippen molar-refractivity contribution in [2.24, 2.45) is 0 Å². The fourth-order valence-electron chi connectivity index (χ4n) is 1.15. The van der Waals surface area contributed by atoms with Crippen molar-refractivity contribution >= 4 is 5.69 Å². The van der Waals surface area contributed by atoms with Crippen molar-refractivity contribution in [2.45, 2.75) is 25.0 Å². The molecule has 0 spiro atoms. The van der Waals surface area contributed by atoms with Crippen LogP contribution in [0.15, 0.2) is 24.3 Å². The number of hydrogen-bond acceptors (Lipinski definition) is 2. The minimum absolute atomic E-state index is 0.488. The van der Waals surface area contributed by atoms with E-state index < -0.39 is 23.8 Å². The molecule has 1 aromatic carbocycles. The van der Waals surface area contributed by atoms with Gasteiger partial charge in [0.25, 0.3) is 0 Å². The van der Waals surface area contributed by atoms with Crippen LogP contribution in [0, 0.1) is 6.92 Å². The summed E-state index contributed by atoms with van der Waals surface area (Å²) in [5.41, 5.74) is -4.81. The molecule has 0 heterocycles. The molecule has 1 rings (SSSR count). The summed E-state index contributed by atoms with van der Waals surface area (Å²) in [5, 5.41) is 9.91. The molecule has 0 unspecified atom stereocenters. The third kappa shape index (κ3) is 2.69. The van der Waals surface area contributed by atoms with Crippen LogP contribution >= 0.6 is 0 Å². The molecule has 0 saturated heterocycles. The number of aliphatic hydroxyl groups is 1.